The Morgan fingerprint density at radius 1 is 1.45 bits per heavy atom. The Balaban J connectivity index is 2.96. The summed E-state index contributed by atoms with van der Waals surface area (Å²) < 4.78 is 0. The molecule has 0 fully saturated rings. The molecule has 0 heterocycles. The molecule has 0 aliphatic rings. The zero-order valence-electron chi connectivity index (χ0n) is 12.1. The van der Waals surface area contributed by atoms with E-state index < -0.39 is 16.6 Å². The van der Waals surface area contributed by atoms with E-state index in [4.69, 9.17) is 5.11 Å². The van der Waals surface area contributed by atoms with Gasteiger partial charge in [0.2, 0.25) is 0 Å². The van der Waals surface area contributed by atoms with Gasteiger partial charge in [0.25, 0.3) is 5.69 Å². The van der Waals surface area contributed by atoms with E-state index in [0.717, 1.165) is 0 Å². The van der Waals surface area contributed by atoms with Crippen molar-refractivity contribution < 1.29 is 14.8 Å². The molecule has 0 unspecified atom stereocenters. The van der Waals surface area contributed by atoms with Crippen molar-refractivity contribution >= 4 is 17.3 Å². The van der Waals surface area contributed by atoms with Crippen molar-refractivity contribution in [2.24, 2.45) is 11.3 Å². The molecule has 110 valence electrons. The van der Waals surface area contributed by atoms with Crippen molar-refractivity contribution in [3.8, 4) is 0 Å². The van der Waals surface area contributed by atoms with Crippen LogP contribution < -0.4 is 5.32 Å². The van der Waals surface area contributed by atoms with Crippen LogP contribution in [0.1, 0.15) is 38.1 Å². The van der Waals surface area contributed by atoms with Gasteiger partial charge in [-0.25, -0.2) is 4.79 Å². The first-order chi connectivity index (χ1) is 9.15. The molecule has 0 spiro atoms. The third kappa shape index (κ3) is 3.69. The highest BCUT2D eigenvalue weighted by atomic mass is 16.6. The number of nitrogens with one attached hydrogen (secondary N) is 1. The minimum Gasteiger partial charge on any atom is -0.477 e. The first-order valence-electron chi connectivity index (χ1n) is 6.41. The van der Waals surface area contributed by atoms with Crippen LogP contribution in [0.25, 0.3) is 0 Å². The van der Waals surface area contributed by atoms with Gasteiger partial charge in [0.15, 0.2) is 0 Å². The van der Waals surface area contributed by atoms with Gasteiger partial charge in [0.1, 0.15) is 5.56 Å². The molecule has 1 rings (SSSR count). The molecule has 6 heteroatoms. The first-order valence-corrected chi connectivity index (χ1v) is 6.41. The number of nitrogens with zero attached hydrogens (tertiary/aromatic N) is 1. The van der Waals surface area contributed by atoms with Crippen LogP contribution in [0.5, 0.6) is 0 Å². The zero-order chi connectivity index (χ0) is 15.5. The van der Waals surface area contributed by atoms with Crippen molar-refractivity contribution in [2.75, 3.05) is 11.9 Å². The Labute approximate surface area is 118 Å². The lowest BCUT2D eigenvalue weighted by molar-refractivity contribution is -0.385. The summed E-state index contributed by atoms with van der Waals surface area (Å²) >= 11 is 0. The summed E-state index contributed by atoms with van der Waals surface area (Å²) in [6.45, 7) is 9.09. The molecule has 0 radical (unpaired) electrons. The second-order valence-electron chi connectivity index (χ2n) is 5.79. The van der Waals surface area contributed by atoms with Crippen molar-refractivity contribution in [2.45, 2.75) is 27.7 Å². The molecule has 0 aliphatic carbocycles. The molecule has 1 aromatic carbocycles. The van der Waals surface area contributed by atoms with Crippen LogP contribution in [-0.2, 0) is 0 Å². The van der Waals surface area contributed by atoms with E-state index in [-0.39, 0.29) is 11.0 Å². The fourth-order valence-corrected chi connectivity index (χ4v) is 1.51. The summed E-state index contributed by atoms with van der Waals surface area (Å²) in [4.78, 5) is 21.1. The number of nitro groups is 1. The van der Waals surface area contributed by atoms with Gasteiger partial charge in [0.05, 0.1) is 4.92 Å². The van der Waals surface area contributed by atoms with Gasteiger partial charge in [-0.3, -0.25) is 10.1 Å². The molecule has 0 aliphatic heterocycles. The maximum atomic E-state index is 11.1. The van der Waals surface area contributed by atoms with Crippen LogP contribution in [-0.4, -0.2) is 22.5 Å². The lowest BCUT2D eigenvalue weighted by atomic mass is 9.81. The molecule has 0 aromatic heterocycles. The maximum Gasteiger partial charge on any atom is 0.342 e. The molecule has 0 amide bonds. The van der Waals surface area contributed by atoms with Gasteiger partial charge in [-0.15, -0.1) is 0 Å². The lowest BCUT2D eigenvalue weighted by Crippen LogP contribution is -2.28. The molecule has 0 saturated carbocycles. The summed E-state index contributed by atoms with van der Waals surface area (Å²) in [7, 11) is 0. The van der Waals surface area contributed by atoms with Gasteiger partial charge < -0.3 is 10.4 Å². The number of hydrogen-bond donors (Lipinski definition) is 2. The number of carbonyl (C=O) groups is 1. The largest absolute Gasteiger partial charge is 0.477 e. The van der Waals surface area contributed by atoms with Crippen molar-refractivity contribution in [1.82, 2.24) is 0 Å². The highest BCUT2D eigenvalue weighted by Gasteiger charge is 2.23. The van der Waals surface area contributed by atoms with Gasteiger partial charge >= 0.3 is 5.97 Å². The van der Waals surface area contributed by atoms with Crippen molar-refractivity contribution in [1.29, 1.82) is 0 Å². The molecule has 0 bridgehead atoms. The smallest absolute Gasteiger partial charge is 0.342 e. The number of benzene rings is 1. The van der Waals surface area contributed by atoms with E-state index in [1.54, 1.807) is 0 Å². The number of rotatable bonds is 6. The topological polar surface area (TPSA) is 92.5 Å². The number of anilines is 1. The second-order valence-corrected chi connectivity index (χ2v) is 5.79. The van der Waals surface area contributed by atoms with Crippen molar-refractivity contribution in [3.63, 3.8) is 0 Å². The average Bonchev–Trinajstić information content (AvgIpc) is 2.35. The van der Waals surface area contributed by atoms with Crippen LogP contribution in [0, 0.1) is 21.4 Å². The number of carboxylic acids is 1. The fourth-order valence-electron chi connectivity index (χ4n) is 1.51. The third-order valence-corrected chi connectivity index (χ3v) is 3.73. The predicted molar refractivity (Wildman–Crippen MR) is 77.2 cm³/mol. The van der Waals surface area contributed by atoms with Gasteiger partial charge in [-0.05, 0) is 23.5 Å². The monoisotopic (exact) mass is 280 g/mol. The minimum absolute atomic E-state index is 0.0329. The second kappa shape index (κ2) is 5.90. The molecule has 0 saturated heterocycles. The Morgan fingerprint density at radius 3 is 2.50 bits per heavy atom. The van der Waals surface area contributed by atoms with Gasteiger partial charge in [-0.2, -0.15) is 0 Å². The fraction of sp³-hybridized carbons (Fsp3) is 0.500. The van der Waals surface area contributed by atoms with Crippen LogP contribution >= 0.6 is 0 Å². The highest BCUT2D eigenvalue weighted by Crippen LogP contribution is 2.28. The molecule has 1 aromatic rings. The molecule has 0 atom stereocenters. The van der Waals surface area contributed by atoms with Gasteiger partial charge in [-0.1, -0.05) is 27.7 Å². The zero-order valence-corrected chi connectivity index (χ0v) is 12.1. The van der Waals surface area contributed by atoms with Crippen LogP contribution in [0.3, 0.4) is 0 Å². The quantitative estimate of drug-likeness (QED) is 0.615. The molecule has 6 nitrogen and oxygen atoms in total. The lowest BCUT2D eigenvalue weighted by Gasteiger charge is -2.29. The number of carboxylic acid groups (broad SMARTS) is 1. The normalized spacial score (nSPS) is 11.4. The summed E-state index contributed by atoms with van der Waals surface area (Å²) in [5, 5.41) is 22.9. The molecule has 20 heavy (non-hydrogen) atoms. The Kier molecular flexibility index (Phi) is 4.70. The predicted octanol–water partition coefficient (Wildman–Crippen LogP) is 3.39. The van der Waals surface area contributed by atoms with E-state index >= 15 is 0 Å². The van der Waals surface area contributed by atoms with Crippen molar-refractivity contribution in [3.05, 3.63) is 33.9 Å². The Morgan fingerprint density at radius 2 is 2.05 bits per heavy atom. The molecular formula is C14H20N2O4. The number of nitro benzene ring substituents is 1. The Bertz CT molecular complexity index is 524. The Hall–Kier alpha value is -2.11. The van der Waals surface area contributed by atoms with E-state index in [1.165, 1.54) is 18.2 Å². The maximum absolute atomic E-state index is 11.1. The molecule has 2 N–H and O–H groups in total. The SMILES string of the molecule is CC(C)C(C)(C)CNc1ccc([N+](=O)[O-])c(C(=O)O)c1. The summed E-state index contributed by atoms with van der Waals surface area (Å²) in [6, 6.07) is 4.05. The minimum atomic E-state index is -1.30. The summed E-state index contributed by atoms with van der Waals surface area (Å²) in [5.41, 5.74) is -0.0965. The average molecular weight is 280 g/mol. The number of aromatic carboxylic acids is 1. The highest BCUT2D eigenvalue weighted by molar-refractivity contribution is 5.93. The van der Waals surface area contributed by atoms with E-state index in [0.29, 0.717) is 18.2 Å². The number of hydrogen-bond acceptors (Lipinski definition) is 4. The van der Waals surface area contributed by atoms with E-state index in [2.05, 4.69) is 33.0 Å². The summed E-state index contributed by atoms with van der Waals surface area (Å²) in [5.74, 6) is -0.851. The standard InChI is InChI=1S/C14H20N2O4/c1-9(2)14(3,4)8-15-10-5-6-12(16(19)20)11(7-10)13(17)18/h5-7,9,15H,8H2,1-4H3,(H,17,18). The van der Waals surface area contributed by atoms with E-state index in [9.17, 15) is 14.9 Å². The first kappa shape index (κ1) is 15.9. The van der Waals surface area contributed by atoms with E-state index in [1.807, 2.05) is 0 Å². The summed E-state index contributed by atoms with van der Waals surface area (Å²) in [6.07, 6.45) is 0. The van der Waals surface area contributed by atoms with Crippen LogP contribution in [0.2, 0.25) is 0 Å². The molecular weight excluding hydrogens is 260 g/mol. The van der Waals surface area contributed by atoms with Gasteiger partial charge in [0, 0.05) is 18.3 Å². The van der Waals surface area contributed by atoms with Crippen LogP contribution in [0.15, 0.2) is 18.2 Å². The third-order valence-electron chi connectivity index (χ3n) is 3.73. The van der Waals surface area contributed by atoms with Crippen LogP contribution in [0.4, 0.5) is 11.4 Å².